The van der Waals surface area contributed by atoms with Gasteiger partial charge in [-0.3, -0.25) is 9.57 Å². The van der Waals surface area contributed by atoms with Gasteiger partial charge in [-0.1, -0.05) is 61.0 Å². The first-order chi connectivity index (χ1) is 16.9. The van der Waals surface area contributed by atoms with Crippen LogP contribution < -0.4 is 0 Å². The molecule has 0 bridgehead atoms. The number of benzene rings is 2. The van der Waals surface area contributed by atoms with Crippen molar-refractivity contribution in [3.63, 3.8) is 0 Å². The maximum absolute atomic E-state index is 11.0. The molecular formula is C26H33N4O4P. The fourth-order valence-corrected chi connectivity index (χ4v) is 5.18. The molecule has 0 saturated heterocycles. The van der Waals surface area contributed by atoms with Crippen molar-refractivity contribution in [1.29, 1.82) is 0 Å². The number of aromatic nitrogens is 2. The van der Waals surface area contributed by atoms with Gasteiger partial charge in [0.2, 0.25) is 5.82 Å². The van der Waals surface area contributed by atoms with E-state index in [4.69, 9.17) is 19.4 Å². The van der Waals surface area contributed by atoms with Gasteiger partial charge in [-0.05, 0) is 55.4 Å². The quantitative estimate of drug-likeness (QED) is 0.271. The van der Waals surface area contributed by atoms with Gasteiger partial charge in [-0.2, -0.15) is 10.1 Å². The van der Waals surface area contributed by atoms with Gasteiger partial charge in [0, 0.05) is 24.7 Å². The van der Waals surface area contributed by atoms with Crippen LogP contribution in [0, 0.1) is 0 Å². The number of hydrogen-bond donors (Lipinski definition) is 2. The summed E-state index contributed by atoms with van der Waals surface area (Å²) in [5.74, 6) is 1.01. The van der Waals surface area contributed by atoms with Crippen LogP contribution in [0.3, 0.4) is 0 Å². The number of unbranched alkanes of at least 4 members (excludes halogenated alkanes) is 2. The highest BCUT2D eigenvalue weighted by molar-refractivity contribution is 7.51. The number of rotatable bonds is 11. The van der Waals surface area contributed by atoms with Gasteiger partial charge in [0.15, 0.2) is 0 Å². The van der Waals surface area contributed by atoms with E-state index in [0.717, 1.165) is 49.9 Å². The Labute approximate surface area is 206 Å². The van der Waals surface area contributed by atoms with Crippen LogP contribution >= 0.6 is 7.60 Å². The van der Waals surface area contributed by atoms with Crippen molar-refractivity contribution >= 4 is 13.3 Å². The summed E-state index contributed by atoms with van der Waals surface area (Å²) in [5.41, 5.74) is 5.41. The summed E-state index contributed by atoms with van der Waals surface area (Å²) in [6, 6.07) is 16.7. The minimum absolute atomic E-state index is 0.0415. The van der Waals surface area contributed by atoms with Crippen molar-refractivity contribution in [3.8, 4) is 11.4 Å². The predicted octanol–water partition coefficient (Wildman–Crippen LogP) is 5.36. The zero-order chi connectivity index (χ0) is 24.8. The lowest BCUT2D eigenvalue weighted by Crippen LogP contribution is -2.18. The molecule has 1 unspecified atom stereocenters. The molecular weight excluding hydrogens is 463 g/mol. The van der Waals surface area contributed by atoms with E-state index in [2.05, 4.69) is 53.3 Å². The summed E-state index contributed by atoms with van der Waals surface area (Å²) in [7, 11) is -3.90. The highest BCUT2D eigenvalue weighted by Gasteiger charge is 2.30. The molecule has 3 aromatic rings. The Hall–Kier alpha value is -2.80. The summed E-state index contributed by atoms with van der Waals surface area (Å²) >= 11 is 0. The summed E-state index contributed by atoms with van der Waals surface area (Å²) in [4.78, 5) is 22.7. The van der Waals surface area contributed by atoms with E-state index in [1.807, 2.05) is 24.3 Å². The lowest BCUT2D eigenvalue weighted by Gasteiger charge is -2.21. The second-order valence-electron chi connectivity index (χ2n) is 8.89. The molecule has 0 spiro atoms. The van der Waals surface area contributed by atoms with Crippen LogP contribution in [0.1, 0.15) is 68.2 Å². The number of hydrogen-bond acceptors (Lipinski definition) is 6. The standard InChI is InChI=1S/C26H33N4O4P/c1-3-19-17-22(15-14-20(19)11-9-6-10-16-35(31,32)33)25-27-26(34-29-25)23-18-24(30(4-2)28-23)21-12-7-5-8-13-21/h5,7-8,12-15,17,24H,3-4,6,9-11,16,18H2,1-2H3,(H2,31,32,33). The fraction of sp³-hybridized carbons (Fsp3) is 0.423. The van der Waals surface area contributed by atoms with E-state index in [1.54, 1.807) is 0 Å². The second-order valence-corrected chi connectivity index (χ2v) is 10.7. The third-order valence-electron chi connectivity index (χ3n) is 6.42. The molecule has 1 aliphatic heterocycles. The molecule has 9 heteroatoms. The van der Waals surface area contributed by atoms with Gasteiger partial charge in [-0.15, -0.1) is 0 Å². The van der Waals surface area contributed by atoms with Crippen LogP contribution in [0.15, 0.2) is 58.2 Å². The molecule has 2 N–H and O–H groups in total. The molecule has 1 aliphatic rings. The lowest BCUT2D eigenvalue weighted by atomic mass is 9.97. The molecule has 0 amide bonds. The molecule has 8 nitrogen and oxygen atoms in total. The van der Waals surface area contributed by atoms with Crippen LogP contribution in [0.5, 0.6) is 0 Å². The van der Waals surface area contributed by atoms with Crippen molar-refractivity contribution in [2.75, 3.05) is 12.7 Å². The highest BCUT2D eigenvalue weighted by Crippen LogP contribution is 2.36. The smallest absolute Gasteiger partial charge is 0.325 e. The normalized spacial score (nSPS) is 16.1. The van der Waals surface area contributed by atoms with Crippen molar-refractivity contribution in [1.82, 2.24) is 15.1 Å². The zero-order valence-electron chi connectivity index (χ0n) is 20.3. The Bertz CT molecular complexity index is 1210. The molecule has 0 saturated carbocycles. The van der Waals surface area contributed by atoms with Crippen LogP contribution in [0.2, 0.25) is 0 Å². The topological polar surface area (TPSA) is 112 Å². The van der Waals surface area contributed by atoms with Crippen LogP contribution in [-0.4, -0.2) is 43.4 Å². The first-order valence-corrected chi connectivity index (χ1v) is 14.1. The lowest BCUT2D eigenvalue weighted by molar-refractivity contribution is 0.246. The van der Waals surface area contributed by atoms with Gasteiger partial charge < -0.3 is 14.3 Å². The first kappa shape index (κ1) is 25.3. The average Bonchev–Trinajstić information content (AvgIpc) is 3.51. The minimum Gasteiger partial charge on any atom is -0.332 e. The molecule has 0 fully saturated rings. The van der Waals surface area contributed by atoms with E-state index < -0.39 is 7.60 Å². The summed E-state index contributed by atoms with van der Waals surface area (Å²) in [6.45, 7) is 5.01. The van der Waals surface area contributed by atoms with Crippen molar-refractivity contribution < 1.29 is 18.9 Å². The molecule has 2 heterocycles. The fourth-order valence-electron chi connectivity index (χ4n) is 4.55. The van der Waals surface area contributed by atoms with Crippen molar-refractivity contribution in [3.05, 3.63) is 71.1 Å². The Morgan fingerprint density at radius 1 is 1.06 bits per heavy atom. The molecule has 1 aromatic heterocycles. The third-order valence-corrected chi connectivity index (χ3v) is 7.32. The van der Waals surface area contributed by atoms with Crippen molar-refractivity contribution in [2.24, 2.45) is 5.10 Å². The summed E-state index contributed by atoms with van der Waals surface area (Å²) < 4.78 is 16.6. The number of nitrogens with zero attached hydrogens (tertiary/aromatic N) is 4. The SMILES string of the molecule is CCc1cc(-c2noc(C3=NN(CC)C(c4ccccc4)C3)n2)ccc1CCCCCP(=O)(O)O. The molecule has 0 aliphatic carbocycles. The van der Waals surface area contributed by atoms with Crippen LogP contribution in [-0.2, 0) is 17.4 Å². The number of hydrazone groups is 1. The molecule has 4 rings (SSSR count). The summed E-state index contributed by atoms with van der Waals surface area (Å²) in [5, 5.41) is 11.1. The van der Waals surface area contributed by atoms with Gasteiger partial charge in [-0.25, -0.2) is 0 Å². The van der Waals surface area contributed by atoms with Crippen LogP contribution in [0.4, 0.5) is 0 Å². The zero-order valence-corrected chi connectivity index (χ0v) is 21.2. The molecule has 2 aromatic carbocycles. The van der Waals surface area contributed by atoms with Gasteiger partial charge >= 0.3 is 7.60 Å². The average molecular weight is 497 g/mol. The second kappa shape index (κ2) is 11.3. The minimum atomic E-state index is -3.90. The molecule has 186 valence electrons. The Kier molecular flexibility index (Phi) is 8.16. The maximum atomic E-state index is 11.0. The molecule has 0 radical (unpaired) electrons. The van der Waals surface area contributed by atoms with E-state index in [-0.39, 0.29) is 12.2 Å². The van der Waals surface area contributed by atoms with E-state index in [1.165, 1.54) is 16.7 Å². The number of aryl methyl sites for hydroxylation is 2. The Morgan fingerprint density at radius 2 is 1.86 bits per heavy atom. The van der Waals surface area contributed by atoms with Crippen molar-refractivity contribution in [2.45, 2.75) is 58.4 Å². The molecule has 35 heavy (non-hydrogen) atoms. The highest BCUT2D eigenvalue weighted by atomic mass is 31.2. The largest absolute Gasteiger partial charge is 0.332 e. The third kappa shape index (κ3) is 6.45. The Morgan fingerprint density at radius 3 is 2.57 bits per heavy atom. The molecule has 1 atom stereocenters. The van der Waals surface area contributed by atoms with Gasteiger partial charge in [0.1, 0.15) is 5.71 Å². The van der Waals surface area contributed by atoms with E-state index >= 15 is 0 Å². The summed E-state index contributed by atoms with van der Waals surface area (Å²) in [6.07, 6.45) is 4.68. The monoisotopic (exact) mass is 496 g/mol. The van der Waals surface area contributed by atoms with E-state index in [0.29, 0.717) is 18.1 Å². The van der Waals surface area contributed by atoms with Gasteiger partial charge in [0.25, 0.3) is 5.89 Å². The van der Waals surface area contributed by atoms with Gasteiger partial charge in [0.05, 0.1) is 6.04 Å². The van der Waals surface area contributed by atoms with E-state index in [9.17, 15) is 4.57 Å². The predicted molar refractivity (Wildman–Crippen MR) is 136 cm³/mol. The maximum Gasteiger partial charge on any atom is 0.325 e. The first-order valence-electron chi connectivity index (χ1n) is 12.3. The Balaban J connectivity index is 1.43. The van der Waals surface area contributed by atoms with Crippen LogP contribution in [0.25, 0.3) is 11.4 Å².